The van der Waals surface area contributed by atoms with Gasteiger partial charge in [-0.3, -0.25) is 0 Å². The number of nitrogens with two attached hydrogens (primary N) is 1. The van der Waals surface area contributed by atoms with Crippen molar-refractivity contribution in [2.45, 2.75) is 25.9 Å². The van der Waals surface area contributed by atoms with E-state index in [0.717, 1.165) is 11.3 Å². The number of aryl methyl sites for hydroxylation is 1. The molecule has 1 unspecified atom stereocenters. The van der Waals surface area contributed by atoms with Crippen LogP contribution in [0, 0.1) is 5.82 Å². The summed E-state index contributed by atoms with van der Waals surface area (Å²) >= 11 is 1.67. The van der Waals surface area contributed by atoms with Crippen molar-refractivity contribution in [1.29, 1.82) is 0 Å². The zero-order valence-corrected chi connectivity index (χ0v) is 11.0. The Kier molecular flexibility index (Phi) is 3.99. The summed E-state index contributed by atoms with van der Waals surface area (Å²) in [6.45, 7) is 2.09. The molecule has 0 saturated carbocycles. The van der Waals surface area contributed by atoms with E-state index in [0.29, 0.717) is 17.7 Å². The summed E-state index contributed by atoms with van der Waals surface area (Å²) in [7, 11) is 0. The fraction of sp³-hybridized carbons (Fsp3) is 0.286. The lowest BCUT2D eigenvalue weighted by Gasteiger charge is -2.12. The Labute approximate surface area is 110 Å². The van der Waals surface area contributed by atoms with Crippen LogP contribution in [0.3, 0.4) is 0 Å². The number of rotatable bonds is 4. The van der Waals surface area contributed by atoms with Crippen LogP contribution in [0.2, 0.25) is 0 Å². The van der Waals surface area contributed by atoms with Crippen molar-refractivity contribution < 1.29 is 9.50 Å². The number of hydrogen-bond donors (Lipinski definition) is 2. The van der Waals surface area contributed by atoms with E-state index < -0.39 is 6.10 Å². The van der Waals surface area contributed by atoms with Gasteiger partial charge in [0.15, 0.2) is 0 Å². The second-order valence-electron chi connectivity index (χ2n) is 4.21. The largest absolute Gasteiger partial charge is 0.398 e. The summed E-state index contributed by atoms with van der Waals surface area (Å²) in [6, 6.07) is 8.14. The van der Waals surface area contributed by atoms with Gasteiger partial charge in [-0.25, -0.2) is 4.39 Å². The molecule has 1 atom stereocenters. The average Bonchev–Trinajstić information content (AvgIpc) is 2.80. The Balaban J connectivity index is 2.16. The van der Waals surface area contributed by atoms with Crippen molar-refractivity contribution in [3.8, 4) is 0 Å². The van der Waals surface area contributed by atoms with Crippen LogP contribution < -0.4 is 5.73 Å². The number of halogens is 1. The highest BCUT2D eigenvalue weighted by atomic mass is 32.1. The van der Waals surface area contributed by atoms with Gasteiger partial charge >= 0.3 is 0 Å². The van der Waals surface area contributed by atoms with Crippen molar-refractivity contribution in [2.24, 2.45) is 0 Å². The average molecular weight is 265 g/mol. The molecule has 1 heterocycles. The fourth-order valence-electron chi connectivity index (χ4n) is 1.86. The molecule has 2 aromatic rings. The van der Waals surface area contributed by atoms with E-state index in [1.807, 2.05) is 6.07 Å². The van der Waals surface area contributed by atoms with Gasteiger partial charge in [0, 0.05) is 27.4 Å². The quantitative estimate of drug-likeness (QED) is 0.833. The highest BCUT2D eigenvalue weighted by Crippen LogP contribution is 2.27. The molecule has 0 spiro atoms. The van der Waals surface area contributed by atoms with E-state index in [2.05, 4.69) is 13.0 Å². The van der Waals surface area contributed by atoms with Gasteiger partial charge in [0.05, 0.1) is 6.10 Å². The molecule has 96 valence electrons. The lowest BCUT2D eigenvalue weighted by Crippen LogP contribution is -2.05. The van der Waals surface area contributed by atoms with Crippen molar-refractivity contribution >= 4 is 17.0 Å². The van der Waals surface area contributed by atoms with E-state index in [9.17, 15) is 9.50 Å². The summed E-state index contributed by atoms with van der Waals surface area (Å²) in [5.41, 5.74) is 6.64. The van der Waals surface area contributed by atoms with E-state index in [1.54, 1.807) is 11.3 Å². The van der Waals surface area contributed by atoms with Crippen LogP contribution >= 0.6 is 11.3 Å². The Morgan fingerprint density at radius 3 is 2.67 bits per heavy atom. The van der Waals surface area contributed by atoms with Gasteiger partial charge in [-0.05, 0) is 36.8 Å². The zero-order chi connectivity index (χ0) is 13.1. The molecule has 1 aromatic carbocycles. The lowest BCUT2D eigenvalue weighted by atomic mass is 10.0. The molecule has 0 amide bonds. The van der Waals surface area contributed by atoms with E-state index >= 15 is 0 Å². The van der Waals surface area contributed by atoms with Crippen LogP contribution in [0.25, 0.3) is 0 Å². The summed E-state index contributed by atoms with van der Waals surface area (Å²) in [4.78, 5) is 2.37. The molecule has 3 N–H and O–H groups in total. The maximum Gasteiger partial charge on any atom is 0.123 e. The van der Waals surface area contributed by atoms with Gasteiger partial charge in [-0.15, -0.1) is 11.3 Å². The molecule has 2 nitrogen and oxygen atoms in total. The van der Waals surface area contributed by atoms with Gasteiger partial charge in [-0.2, -0.15) is 0 Å². The second kappa shape index (κ2) is 5.50. The molecule has 2 rings (SSSR count). The minimum atomic E-state index is -0.760. The number of nitrogen functional groups attached to an aromatic ring is 1. The van der Waals surface area contributed by atoms with Gasteiger partial charge in [0.2, 0.25) is 0 Å². The van der Waals surface area contributed by atoms with E-state index in [1.165, 1.54) is 23.1 Å². The van der Waals surface area contributed by atoms with E-state index in [4.69, 9.17) is 5.73 Å². The number of anilines is 1. The molecule has 0 bridgehead atoms. The molecule has 0 fully saturated rings. The predicted molar refractivity (Wildman–Crippen MR) is 73.2 cm³/mol. The maximum atomic E-state index is 13.1. The van der Waals surface area contributed by atoms with Crippen LogP contribution in [-0.4, -0.2) is 5.11 Å². The third-order valence-corrected chi connectivity index (χ3v) is 4.12. The summed E-state index contributed by atoms with van der Waals surface area (Å²) < 4.78 is 13.1. The Morgan fingerprint density at radius 1 is 1.28 bits per heavy atom. The molecule has 0 aliphatic carbocycles. The fourth-order valence-corrected chi connectivity index (χ4v) is 2.85. The molecule has 0 radical (unpaired) electrons. The summed E-state index contributed by atoms with van der Waals surface area (Å²) in [5, 5.41) is 10.1. The van der Waals surface area contributed by atoms with Crippen LogP contribution in [0.15, 0.2) is 30.3 Å². The normalized spacial score (nSPS) is 12.6. The number of aliphatic hydroxyl groups excluding tert-OH is 1. The highest BCUT2D eigenvalue weighted by Gasteiger charge is 2.14. The van der Waals surface area contributed by atoms with Gasteiger partial charge < -0.3 is 10.8 Å². The number of aliphatic hydroxyl groups is 1. The highest BCUT2D eigenvalue weighted by molar-refractivity contribution is 7.11. The van der Waals surface area contributed by atoms with Crippen LogP contribution in [0.1, 0.15) is 28.3 Å². The van der Waals surface area contributed by atoms with Crippen molar-refractivity contribution in [1.82, 2.24) is 0 Å². The molecule has 4 heteroatoms. The summed E-state index contributed by atoms with van der Waals surface area (Å²) in [5.74, 6) is -0.376. The topological polar surface area (TPSA) is 46.2 Å². The second-order valence-corrected chi connectivity index (χ2v) is 5.47. The Bertz CT molecular complexity index is 538. The molecule has 18 heavy (non-hydrogen) atoms. The van der Waals surface area contributed by atoms with Crippen molar-refractivity contribution in [2.75, 3.05) is 5.73 Å². The number of hydrogen-bond acceptors (Lipinski definition) is 3. The third-order valence-electron chi connectivity index (χ3n) is 2.87. The first-order valence-corrected chi connectivity index (χ1v) is 6.72. The van der Waals surface area contributed by atoms with Crippen LogP contribution in [-0.2, 0) is 12.8 Å². The number of benzene rings is 1. The predicted octanol–water partition coefficient (Wildman–Crippen LogP) is 3.31. The van der Waals surface area contributed by atoms with E-state index in [-0.39, 0.29) is 5.82 Å². The SMILES string of the molecule is CCc1ccc(CC(O)c2cc(F)ccc2N)s1. The van der Waals surface area contributed by atoms with Crippen LogP contribution in [0.5, 0.6) is 0 Å². The standard InChI is InChI=1S/C14H16FNOS/c1-2-10-4-5-11(18-10)8-14(17)12-7-9(15)3-6-13(12)16/h3-7,14,17H,2,8,16H2,1H3. The zero-order valence-electron chi connectivity index (χ0n) is 10.2. The molecule has 0 aliphatic rings. The smallest absolute Gasteiger partial charge is 0.123 e. The Morgan fingerprint density at radius 2 is 2.00 bits per heavy atom. The lowest BCUT2D eigenvalue weighted by molar-refractivity contribution is 0.180. The first-order chi connectivity index (χ1) is 8.60. The number of thiophene rings is 1. The van der Waals surface area contributed by atoms with Gasteiger partial charge in [-0.1, -0.05) is 6.92 Å². The molecule has 1 aromatic heterocycles. The molecular formula is C14H16FNOS. The first-order valence-electron chi connectivity index (χ1n) is 5.90. The van der Waals surface area contributed by atoms with Crippen molar-refractivity contribution in [3.63, 3.8) is 0 Å². The Hall–Kier alpha value is -1.39. The van der Waals surface area contributed by atoms with Crippen LogP contribution in [0.4, 0.5) is 10.1 Å². The summed E-state index contributed by atoms with van der Waals surface area (Å²) in [6.07, 6.45) is 0.699. The van der Waals surface area contributed by atoms with Gasteiger partial charge in [0.25, 0.3) is 0 Å². The minimum Gasteiger partial charge on any atom is -0.398 e. The monoisotopic (exact) mass is 265 g/mol. The van der Waals surface area contributed by atoms with Crippen molar-refractivity contribution in [3.05, 3.63) is 51.5 Å². The third kappa shape index (κ3) is 2.89. The minimum absolute atomic E-state index is 0.376. The molecule has 0 aliphatic heterocycles. The maximum absolute atomic E-state index is 13.1. The molecular weight excluding hydrogens is 249 g/mol. The molecule has 0 saturated heterocycles. The van der Waals surface area contributed by atoms with Gasteiger partial charge in [0.1, 0.15) is 5.82 Å². The first kappa shape index (κ1) is 13.1.